The molecule has 0 aliphatic rings. The first-order chi connectivity index (χ1) is 8.02. The number of hydrogen-bond donors (Lipinski definition) is 0. The van der Waals surface area contributed by atoms with Crippen LogP contribution in [0.15, 0.2) is 12.1 Å². The molecular formula is C11H8F3NO2. The van der Waals surface area contributed by atoms with Gasteiger partial charge in [0, 0.05) is 5.56 Å². The quantitative estimate of drug-likeness (QED) is 0.767. The number of nitrogens with zero attached hydrogens (tertiary/aromatic N) is 1. The number of carbonyl (C=O) groups is 1. The lowest BCUT2D eigenvalue weighted by Crippen LogP contribution is -2.12. The third-order valence-electron chi connectivity index (χ3n) is 2.01. The van der Waals surface area contributed by atoms with Gasteiger partial charge in [-0.15, -0.1) is 0 Å². The lowest BCUT2D eigenvalue weighted by atomic mass is 10.0. The Kier molecular flexibility index (Phi) is 4.10. The highest BCUT2D eigenvalue weighted by molar-refractivity contribution is 5.92. The first-order valence-electron chi connectivity index (χ1n) is 4.70. The molecule has 0 amide bonds. The van der Waals surface area contributed by atoms with E-state index in [0.29, 0.717) is 0 Å². The van der Waals surface area contributed by atoms with Crippen LogP contribution in [0.25, 0.3) is 0 Å². The Labute approximate surface area is 95.4 Å². The van der Waals surface area contributed by atoms with Crippen molar-refractivity contribution in [2.24, 2.45) is 0 Å². The summed E-state index contributed by atoms with van der Waals surface area (Å²) in [6.45, 7) is 1.39. The molecule has 0 aromatic heterocycles. The minimum Gasteiger partial charge on any atom is -0.462 e. The molecule has 0 heterocycles. The molecule has 0 aliphatic carbocycles. The molecule has 0 atom stereocenters. The lowest BCUT2D eigenvalue weighted by Gasteiger charge is -2.09. The third-order valence-corrected chi connectivity index (χ3v) is 2.01. The van der Waals surface area contributed by atoms with Crippen molar-refractivity contribution in [2.75, 3.05) is 6.61 Å². The Morgan fingerprint density at radius 3 is 2.65 bits per heavy atom. The van der Waals surface area contributed by atoms with Gasteiger partial charge in [0.2, 0.25) is 0 Å². The molecule has 1 rings (SSSR count). The first-order valence-corrected chi connectivity index (χ1v) is 4.70. The maximum absolute atomic E-state index is 13.6. The lowest BCUT2D eigenvalue weighted by molar-refractivity contribution is 0.0509. The summed E-state index contributed by atoms with van der Waals surface area (Å²) in [5.74, 6) is -2.47. The molecule has 1 aromatic rings. The summed E-state index contributed by atoms with van der Waals surface area (Å²) in [5, 5.41) is 8.55. The Bertz CT molecular complexity index is 480. The zero-order valence-corrected chi connectivity index (χ0v) is 8.84. The largest absolute Gasteiger partial charge is 0.462 e. The van der Waals surface area contributed by atoms with Crippen LogP contribution in [-0.2, 0) is 4.74 Å². The molecule has 0 saturated heterocycles. The van der Waals surface area contributed by atoms with Crippen LogP contribution >= 0.6 is 0 Å². The van der Waals surface area contributed by atoms with Crippen molar-refractivity contribution >= 4 is 5.97 Å². The van der Waals surface area contributed by atoms with Gasteiger partial charge in [0.05, 0.1) is 12.2 Å². The number of nitriles is 1. The van der Waals surface area contributed by atoms with Crippen LogP contribution in [0.5, 0.6) is 0 Å². The fourth-order valence-corrected chi connectivity index (χ4v) is 1.27. The van der Waals surface area contributed by atoms with Crippen LogP contribution in [0, 0.1) is 17.1 Å². The van der Waals surface area contributed by atoms with Gasteiger partial charge in [-0.25, -0.2) is 18.0 Å². The molecule has 0 fully saturated rings. The second kappa shape index (κ2) is 5.34. The van der Waals surface area contributed by atoms with Crippen LogP contribution < -0.4 is 0 Å². The van der Waals surface area contributed by atoms with Crippen molar-refractivity contribution < 1.29 is 22.7 Å². The fourth-order valence-electron chi connectivity index (χ4n) is 1.27. The highest BCUT2D eigenvalue weighted by atomic mass is 19.3. The van der Waals surface area contributed by atoms with Gasteiger partial charge in [0.1, 0.15) is 11.6 Å². The number of hydrogen-bond acceptors (Lipinski definition) is 3. The van der Waals surface area contributed by atoms with Crippen LogP contribution in [0.2, 0.25) is 0 Å². The van der Waals surface area contributed by atoms with E-state index in [1.54, 1.807) is 0 Å². The minimum atomic E-state index is -3.02. The molecule has 0 spiro atoms. The predicted molar refractivity (Wildman–Crippen MR) is 52.0 cm³/mol. The molecule has 0 bridgehead atoms. The van der Waals surface area contributed by atoms with Crippen molar-refractivity contribution in [1.29, 1.82) is 5.26 Å². The van der Waals surface area contributed by atoms with Crippen molar-refractivity contribution in [3.05, 3.63) is 34.6 Å². The molecule has 90 valence electrons. The zero-order chi connectivity index (χ0) is 13.0. The van der Waals surface area contributed by atoms with Gasteiger partial charge in [-0.3, -0.25) is 0 Å². The van der Waals surface area contributed by atoms with E-state index in [0.717, 1.165) is 12.1 Å². The summed E-state index contributed by atoms with van der Waals surface area (Å²) in [5.41, 5.74) is -2.13. The summed E-state index contributed by atoms with van der Waals surface area (Å²) in [6.07, 6.45) is -3.02. The first kappa shape index (κ1) is 13.0. The normalized spacial score (nSPS) is 10.1. The molecule has 0 saturated carbocycles. The SMILES string of the molecule is CCOC(=O)c1c(C(F)F)ccc(C#N)c1F. The number of ether oxygens (including phenoxy) is 1. The van der Waals surface area contributed by atoms with Crippen molar-refractivity contribution in [2.45, 2.75) is 13.3 Å². The van der Waals surface area contributed by atoms with E-state index in [4.69, 9.17) is 5.26 Å². The summed E-state index contributed by atoms with van der Waals surface area (Å²) < 4.78 is 43.3. The Hall–Kier alpha value is -2.03. The highest BCUT2D eigenvalue weighted by Crippen LogP contribution is 2.27. The van der Waals surface area contributed by atoms with Crippen LogP contribution in [-0.4, -0.2) is 12.6 Å². The maximum atomic E-state index is 13.6. The summed E-state index contributed by atoms with van der Waals surface area (Å²) in [7, 11) is 0. The number of halogens is 3. The van der Waals surface area contributed by atoms with Gasteiger partial charge in [0.15, 0.2) is 5.82 Å². The monoisotopic (exact) mass is 243 g/mol. The molecule has 3 nitrogen and oxygen atoms in total. The number of rotatable bonds is 3. The molecule has 6 heteroatoms. The predicted octanol–water partition coefficient (Wildman–Crippen LogP) is 2.81. The second-order valence-corrected chi connectivity index (χ2v) is 3.02. The molecule has 0 unspecified atom stereocenters. The minimum absolute atomic E-state index is 0.0717. The summed E-state index contributed by atoms with van der Waals surface area (Å²) in [4.78, 5) is 11.4. The van der Waals surface area contributed by atoms with E-state index in [1.165, 1.54) is 13.0 Å². The van der Waals surface area contributed by atoms with Gasteiger partial charge in [-0.2, -0.15) is 5.26 Å². The molecule has 17 heavy (non-hydrogen) atoms. The second-order valence-electron chi connectivity index (χ2n) is 3.02. The van der Waals surface area contributed by atoms with Crippen LogP contribution in [0.1, 0.15) is 34.8 Å². The molecular weight excluding hydrogens is 235 g/mol. The smallest absolute Gasteiger partial charge is 0.341 e. The third kappa shape index (κ3) is 2.56. The molecule has 1 aromatic carbocycles. The molecule has 0 N–H and O–H groups in total. The van der Waals surface area contributed by atoms with Gasteiger partial charge >= 0.3 is 5.97 Å². The Balaban J connectivity index is 3.41. The van der Waals surface area contributed by atoms with E-state index in [-0.39, 0.29) is 6.61 Å². The number of carbonyl (C=O) groups excluding carboxylic acids is 1. The van der Waals surface area contributed by atoms with E-state index in [2.05, 4.69) is 4.74 Å². The average molecular weight is 243 g/mol. The number of esters is 1. The van der Waals surface area contributed by atoms with E-state index in [9.17, 15) is 18.0 Å². The standard InChI is InChI=1S/C11H8F3NO2/c1-2-17-11(16)8-7(10(13)14)4-3-6(5-15)9(8)12/h3-4,10H,2H2,1H3. The maximum Gasteiger partial charge on any atom is 0.341 e. The van der Waals surface area contributed by atoms with Crippen molar-refractivity contribution in [3.63, 3.8) is 0 Å². The number of alkyl halides is 2. The number of benzene rings is 1. The summed E-state index contributed by atoms with van der Waals surface area (Å²) >= 11 is 0. The molecule has 0 radical (unpaired) electrons. The van der Waals surface area contributed by atoms with Crippen molar-refractivity contribution in [3.8, 4) is 6.07 Å². The van der Waals surface area contributed by atoms with Crippen LogP contribution in [0.4, 0.5) is 13.2 Å². The summed E-state index contributed by atoms with van der Waals surface area (Å²) in [6, 6.07) is 3.22. The van der Waals surface area contributed by atoms with E-state index >= 15 is 0 Å². The average Bonchev–Trinajstić information content (AvgIpc) is 2.28. The van der Waals surface area contributed by atoms with Gasteiger partial charge in [0.25, 0.3) is 6.43 Å². The molecule has 0 aliphatic heterocycles. The zero-order valence-electron chi connectivity index (χ0n) is 8.84. The van der Waals surface area contributed by atoms with Gasteiger partial charge in [-0.1, -0.05) is 6.07 Å². The van der Waals surface area contributed by atoms with Crippen molar-refractivity contribution in [1.82, 2.24) is 0 Å². The van der Waals surface area contributed by atoms with E-state index < -0.39 is 34.9 Å². The van der Waals surface area contributed by atoms with E-state index in [1.807, 2.05) is 0 Å². The Morgan fingerprint density at radius 2 is 2.18 bits per heavy atom. The van der Waals surface area contributed by atoms with Crippen LogP contribution in [0.3, 0.4) is 0 Å². The van der Waals surface area contributed by atoms with Gasteiger partial charge in [-0.05, 0) is 13.0 Å². The Morgan fingerprint density at radius 1 is 1.53 bits per heavy atom. The topological polar surface area (TPSA) is 50.1 Å². The fraction of sp³-hybridized carbons (Fsp3) is 0.273. The van der Waals surface area contributed by atoms with Gasteiger partial charge < -0.3 is 4.74 Å². The highest BCUT2D eigenvalue weighted by Gasteiger charge is 2.25.